The normalized spacial score (nSPS) is 13.5. The Balaban J connectivity index is 2.89. The quantitative estimate of drug-likeness (QED) is 0.519. The van der Waals surface area contributed by atoms with Gasteiger partial charge in [0.1, 0.15) is 0 Å². The molecular weight excluding hydrogens is 124 g/mol. The van der Waals surface area contributed by atoms with Crippen LogP contribution in [-0.2, 0) is 4.74 Å². The molecule has 0 fully saturated rings. The van der Waals surface area contributed by atoms with E-state index < -0.39 is 0 Å². The SMILES string of the molecule is [CH2]CC(C)OCCCCC. The largest absolute Gasteiger partial charge is 0.379 e. The van der Waals surface area contributed by atoms with E-state index in [2.05, 4.69) is 20.8 Å². The van der Waals surface area contributed by atoms with Gasteiger partial charge in [-0.1, -0.05) is 26.7 Å². The van der Waals surface area contributed by atoms with Crippen molar-refractivity contribution in [2.75, 3.05) is 6.61 Å². The van der Waals surface area contributed by atoms with Crippen molar-refractivity contribution in [2.45, 2.75) is 45.6 Å². The molecule has 1 atom stereocenters. The van der Waals surface area contributed by atoms with Gasteiger partial charge < -0.3 is 4.74 Å². The second kappa shape index (κ2) is 7.07. The third-order valence-electron chi connectivity index (χ3n) is 1.56. The lowest BCUT2D eigenvalue weighted by Crippen LogP contribution is -2.07. The molecule has 1 radical (unpaired) electrons. The van der Waals surface area contributed by atoms with Crippen LogP contribution in [0, 0.1) is 6.92 Å². The van der Waals surface area contributed by atoms with E-state index in [9.17, 15) is 0 Å². The van der Waals surface area contributed by atoms with Crippen LogP contribution in [0.5, 0.6) is 0 Å². The summed E-state index contributed by atoms with van der Waals surface area (Å²) >= 11 is 0. The molecule has 10 heavy (non-hydrogen) atoms. The fourth-order valence-electron chi connectivity index (χ4n) is 0.720. The zero-order chi connectivity index (χ0) is 7.82. The molecule has 0 spiro atoms. The lowest BCUT2D eigenvalue weighted by Gasteiger charge is -2.09. The van der Waals surface area contributed by atoms with E-state index in [0.29, 0.717) is 6.10 Å². The Hall–Kier alpha value is -0.0400. The highest BCUT2D eigenvalue weighted by atomic mass is 16.5. The van der Waals surface area contributed by atoms with Crippen LogP contribution in [0.1, 0.15) is 39.5 Å². The number of hydrogen-bond acceptors (Lipinski definition) is 1. The van der Waals surface area contributed by atoms with Gasteiger partial charge in [-0.2, -0.15) is 0 Å². The fraction of sp³-hybridized carbons (Fsp3) is 0.889. The van der Waals surface area contributed by atoms with Gasteiger partial charge in [0.25, 0.3) is 0 Å². The molecule has 1 unspecified atom stereocenters. The predicted molar refractivity (Wildman–Crippen MR) is 44.9 cm³/mol. The fourth-order valence-corrected chi connectivity index (χ4v) is 0.720. The molecule has 0 heterocycles. The van der Waals surface area contributed by atoms with Gasteiger partial charge in [0.15, 0.2) is 0 Å². The standard InChI is InChI=1S/C9H19O/c1-4-6-7-8-10-9(3)5-2/h9H,2,4-8H2,1,3H3. The van der Waals surface area contributed by atoms with Crippen LogP contribution in [-0.4, -0.2) is 12.7 Å². The summed E-state index contributed by atoms with van der Waals surface area (Å²) in [6, 6.07) is 0. The maximum atomic E-state index is 5.43. The van der Waals surface area contributed by atoms with Gasteiger partial charge in [0, 0.05) is 6.61 Å². The van der Waals surface area contributed by atoms with Crippen LogP contribution in [0.15, 0.2) is 0 Å². The van der Waals surface area contributed by atoms with Gasteiger partial charge in [0.05, 0.1) is 6.10 Å². The van der Waals surface area contributed by atoms with E-state index in [1.807, 2.05) is 0 Å². The van der Waals surface area contributed by atoms with Crippen LogP contribution in [0.25, 0.3) is 0 Å². The minimum absolute atomic E-state index is 0.344. The molecule has 0 bridgehead atoms. The van der Waals surface area contributed by atoms with Crippen LogP contribution in [0.3, 0.4) is 0 Å². The van der Waals surface area contributed by atoms with Crippen molar-refractivity contribution < 1.29 is 4.74 Å². The molecular formula is C9H19O. The van der Waals surface area contributed by atoms with E-state index >= 15 is 0 Å². The molecule has 0 rings (SSSR count). The Labute approximate surface area is 64.8 Å². The van der Waals surface area contributed by atoms with Crippen LogP contribution in [0.2, 0.25) is 0 Å². The van der Waals surface area contributed by atoms with Gasteiger partial charge in [-0.05, 0) is 19.8 Å². The molecule has 0 aliphatic rings. The van der Waals surface area contributed by atoms with E-state index in [1.165, 1.54) is 19.3 Å². The number of ether oxygens (including phenoxy) is 1. The molecule has 0 amide bonds. The smallest absolute Gasteiger partial charge is 0.0547 e. The van der Waals surface area contributed by atoms with Gasteiger partial charge >= 0.3 is 0 Å². The Kier molecular flexibility index (Phi) is 7.04. The zero-order valence-corrected chi connectivity index (χ0v) is 7.23. The Bertz CT molecular complexity index is 61.7. The molecule has 0 saturated heterocycles. The molecule has 61 valence electrons. The van der Waals surface area contributed by atoms with Gasteiger partial charge in [-0.25, -0.2) is 0 Å². The Morgan fingerprint density at radius 2 is 2.10 bits per heavy atom. The highest BCUT2D eigenvalue weighted by Gasteiger charge is 1.95. The average Bonchev–Trinajstić information content (AvgIpc) is 1.98. The van der Waals surface area contributed by atoms with E-state index in [1.54, 1.807) is 0 Å². The van der Waals surface area contributed by atoms with E-state index in [4.69, 9.17) is 4.74 Å². The number of unbranched alkanes of at least 4 members (excludes halogenated alkanes) is 2. The molecule has 0 aromatic carbocycles. The van der Waals surface area contributed by atoms with Gasteiger partial charge in [0.2, 0.25) is 0 Å². The first-order chi connectivity index (χ1) is 4.81. The summed E-state index contributed by atoms with van der Waals surface area (Å²) in [5, 5.41) is 0. The van der Waals surface area contributed by atoms with E-state index in [0.717, 1.165) is 13.0 Å². The summed E-state index contributed by atoms with van der Waals surface area (Å²) in [6.45, 7) is 8.93. The molecule has 1 nitrogen and oxygen atoms in total. The zero-order valence-electron chi connectivity index (χ0n) is 7.23. The summed E-state index contributed by atoms with van der Waals surface area (Å²) < 4.78 is 5.43. The van der Waals surface area contributed by atoms with E-state index in [-0.39, 0.29) is 0 Å². The molecule has 0 aromatic heterocycles. The molecule has 0 aliphatic heterocycles. The monoisotopic (exact) mass is 143 g/mol. The van der Waals surface area contributed by atoms with Crippen molar-refractivity contribution in [3.8, 4) is 0 Å². The second-order valence-corrected chi connectivity index (χ2v) is 2.68. The van der Waals surface area contributed by atoms with Gasteiger partial charge in [-0.3, -0.25) is 0 Å². The summed E-state index contributed by atoms with van der Waals surface area (Å²) in [7, 11) is 0. The first kappa shape index (κ1) is 9.96. The first-order valence-electron chi connectivity index (χ1n) is 4.22. The molecule has 0 aromatic rings. The Morgan fingerprint density at radius 1 is 1.40 bits per heavy atom. The maximum Gasteiger partial charge on any atom is 0.0547 e. The van der Waals surface area contributed by atoms with Crippen LogP contribution >= 0.6 is 0 Å². The summed E-state index contributed by atoms with van der Waals surface area (Å²) in [6.07, 6.45) is 4.97. The lowest BCUT2D eigenvalue weighted by atomic mass is 10.2. The van der Waals surface area contributed by atoms with Crippen molar-refractivity contribution in [2.24, 2.45) is 0 Å². The lowest BCUT2D eigenvalue weighted by molar-refractivity contribution is 0.0650. The molecule has 0 N–H and O–H groups in total. The minimum atomic E-state index is 0.344. The maximum absolute atomic E-state index is 5.43. The summed E-state index contributed by atoms with van der Waals surface area (Å²) in [5.41, 5.74) is 0. The Morgan fingerprint density at radius 3 is 2.60 bits per heavy atom. The predicted octanol–water partition coefficient (Wildman–Crippen LogP) is 2.81. The third-order valence-corrected chi connectivity index (χ3v) is 1.56. The molecule has 0 saturated carbocycles. The highest BCUT2D eigenvalue weighted by Crippen LogP contribution is 1.99. The summed E-state index contributed by atoms with van der Waals surface area (Å²) in [4.78, 5) is 0. The minimum Gasteiger partial charge on any atom is -0.379 e. The number of rotatable bonds is 6. The molecule has 0 aliphatic carbocycles. The second-order valence-electron chi connectivity index (χ2n) is 2.68. The average molecular weight is 143 g/mol. The number of hydrogen-bond donors (Lipinski definition) is 0. The van der Waals surface area contributed by atoms with Gasteiger partial charge in [-0.15, -0.1) is 0 Å². The van der Waals surface area contributed by atoms with Crippen molar-refractivity contribution >= 4 is 0 Å². The van der Waals surface area contributed by atoms with Crippen LogP contribution in [0.4, 0.5) is 0 Å². The van der Waals surface area contributed by atoms with Crippen molar-refractivity contribution in [3.63, 3.8) is 0 Å². The van der Waals surface area contributed by atoms with Crippen molar-refractivity contribution in [1.82, 2.24) is 0 Å². The van der Waals surface area contributed by atoms with Crippen molar-refractivity contribution in [3.05, 3.63) is 6.92 Å². The highest BCUT2D eigenvalue weighted by molar-refractivity contribution is 4.50. The third kappa shape index (κ3) is 6.09. The van der Waals surface area contributed by atoms with Crippen LogP contribution < -0.4 is 0 Å². The topological polar surface area (TPSA) is 9.23 Å². The summed E-state index contributed by atoms with van der Waals surface area (Å²) in [5.74, 6) is 0. The first-order valence-corrected chi connectivity index (χ1v) is 4.22. The van der Waals surface area contributed by atoms with Crippen molar-refractivity contribution in [1.29, 1.82) is 0 Å². The molecule has 1 heteroatoms.